The number of urea groups is 1. The van der Waals surface area contributed by atoms with Gasteiger partial charge in [0, 0.05) is 51.0 Å². The molecule has 12 heteroatoms. The number of fused-ring (bicyclic) bond motifs is 4. The summed E-state index contributed by atoms with van der Waals surface area (Å²) in [6.07, 6.45) is -2.09. The summed E-state index contributed by atoms with van der Waals surface area (Å²) in [5.41, 5.74) is 0.722. The van der Waals surface area contributed by atoms with Crippen LogP contribution in [0.15, 0.2) is 48.7 Å². The molecule has 5 heterocycles. The number of amides is 2. The second kappa shape index (κ2) is 9.18. The third-order valence-electron chi connectivity index (χ3n) is 6.96. The number of piperazine rings is 1. The third-order valence-corrected chi connectivity index (χ3v) is 6.96. The van der Waals surface area contributed by atoms with Gasteiger partial charge < -0.3 is 15.1 Å². The average Bonchev–Trinajstić information content (AvgIpc) is 3.33. The molecule has 2 fully saturated rings. The Balaban J connectivity index is 1.31. The number of hydrogen-bond donors (Lipinski definition) is 2. The predicted molar refractivity (Wildman–Crippen MR) is 134 cm³/mol. The maximum atomic E-state index is 13.5. The fourth-order valence-electron chi connectivity index (χ4n) is 5.12. The fourth-order valence-corrected chi connectivity index (χ4v) is 5.12. The van der Waals surface area contributed by atoms with E-state index >= 15 is 0 Å². The number of nitrogens with zero attached hydrogens (tertiary/aromatic N) is 6. The largest absolute Gasteiger partial charge is 0.416 e. The van der Waals surface area contributed by atoms with E-state index < -0.39 is 17.8 Å². The molecule has 1 aromatic carbocycles. The van der Waals surface area contributed by atoms with Crippen LogP contribution in [0, 0.1) is 0 Å². The molecule has 0 radical (unpaired) electrons. The number of aromatic nitrogens is 3. The van der Waals surface area contributed by atoms with Gasteiger partial charge >= 0.3 is 12.2 Å². The van der Waals surface area contributed by atoms with Crippen LogP contribution in [0.3, 0.4) is 0 Å². The van der Waals surface area contributed by atoms with E-state index in [9.17, 15) is 18.0 Å². The Morgan fingerprint density at radius 3 is 2.68 bits per heavy atom. The van der Waals surface area contributed by atoms with Gasteiger partial charge in [-0.05, 0) is 36.8 Å². The van der Waals surface area contributed by atoms with E-state index in [2.05, 4.69) is 35.4 Å². The molecule has 2 amide bonds. The number of halogens is 3. The molecule has 3 aliphatic heterocycles. The van der Waals surface area contributed by atoms with E-state index in [0.717, 1.165) is 62.8 Å². The number of anilines is 4. The Labute approximate surface area is 211 Å². The summed E-state index contributed by atoms with van der Waals surface area (Å²) < 4.78 is 39.9. The van der Waals surface area contributed by atoms with Crippen molar-refractivity contribution in [3.8, 4) is 11.3 Å². The van der Waals surface area contributed by atoms with Crippen molar-refractivity contribution in [2.75, 3.05) is 59.3 Å². The number of carbonyl (C=O) groups excluding carboxylic acids is 1. The van der Waals surface area contributed by atoms with E-state index in [-0.39, 0.29) is 12.0 Å². The van der Waals surface area contributed by atoms with Gasteiger partial charge in [-0.25, -0.2) is 14.8 Å². The summed E-state index contributed by atoms with van der Waals surface area (Å²) in [7, 11) is 0. The minimum Gasteiger partial charge on any atom is -0.366 e. The first-order valence-electron chi connectivity index (χ1n) is 12.2. The number of hydrogen-bond acceptors (Lipinski definition) is 7. The lowest BCUT2D eigenvalue weighted by Gasteiger charge is -2.35. The first-order chi connectivity index (χ1) is 17.9. The number of alkyl halides is 3. The summed E-state index contributed by atoms with van der Waals surface area (Å²) in [6, 6.07) is 9.85. The van der Waals surface area contributed by atoms with Crippen LogP contribution in [0.25, 0.3) is 11.3 Å². The van der Waals surface area contributed by atoms with Crippen LogP contribution in [0.2, 0.25) is 0 Å². The average molecular weight is 511 g/mol. The van der Waals surface area contributed by atoms with Crippen molar-refractivity contribution in [2.45, 2.75) is 18.6 Å². The molecule has 37 heavy (non-hydrogen) atoms. The maximum Gasteiger partial charge on any atom is 0.416 e. The summed E-state index contributed by atoms with van der Waals surface area (Å²) in [5, 5.41) is 6.12. The molecule has 192 valence electrons. The third kappa shape index (κ3) is 4.52. The van der Waals surface area contributed by atoms with Gasteiger partial charge in [-0.2, -0.15) is 18.2 Å². The summed E-state index contributed by atoms with van der Waals surface area (Å²) in [4.78, 5) is 32.9. The highest BCUT2D eigenvalue weighted by Crippen LogP contribution is 2.41. The van der Waals surface area contributed by atoms with E-state index in [1.807, 2.05) is 12.1 Å². The first-order valence-corrected chi connectivity index (χ1v) is 12.2. The Morgan fingerprint density at radius 1 is 1.03 bits per heavy atom. The summed E-state index contributed by atoms with van der Waals surface area (Å²) in [6.45, 7) is 4.75. The molecular weight excluding hydrogens is 485 g/mol. The second-order valence-electron chi connectivity index (χ2n) is 9.28. The van der Waals surface area contributed by atoms with Crippen LogP contribution in [-0.4, -0.2) is 66.3 Å². The molecular formula is C25H25F3N8O. The van der Waals surface area contributed by atoms with Crippen molar-refractivity contribution in [3.05, 3.63) is 54.2 Å². The van der Waals surface area contributed by atoms with Crippen molar-refractivity contribution in [1.82, 2.24) is 20.3 Å². The number of rotatable bonds is 3. The molecule has 2 N–H and O–H groups in total. The molecule has 0 aliphatic carbocycles. The van der Waals surface area contributed by atoms with Crippen molar-refractivity contribution in [3.63, 3.8) is 0 Å². The number of benzene rings is 1. The van der Waals surface area contributed by atoms with Crippen LogP contribution in [0.4, 0.5) is 41.2 Å². The van der Waals surface area contributed by atoms with Crippen LogP contribution >= 0.6 is 0 Å². The number of carbonyl (C=O) groups is 1. The SMILES string of the molecule is O=C(Nc1nccc(N2CCNCC2)n1)N1c2nc(-c3cccc(C(F)(F)F)c3)ccc2N2CC[C@H]1C2. The molecule has 3 aromatic rings. The van der Waals surface area contributed by atoms with Crippen LogP contribution in [-0.2, 0) is 6.18 Å². The zero-order chi connectivity index (χ0) is 25.6. The van der Waals surface area contributed by atoms with E-state index in [1.54, 1.807) is 23.2 Å². The number of nitrogens with one attached hydrogen (secondary N) is 2. The summed E-state index contributed by atoms with van der Waals surface area (Å²) >= 11 is 0. The molecule has 2 saturated heterocycles. The van der Waals surface area contributed by atoms with Crippen LogP contribution < -0.4 is 25.3 Å². The lowest BCUT2D eigenvalue weighted by Crippen LogP contribution is -2.48. The second-order valence-corrected chi connectivity index (χ2v) is 9.28. The van der Waals surface area contributed by atoms with E-state index in [1.165, 1.54) is 6.07 Å². The van der Waals surface area contributed by atoms with Gasteiger partial charge in [0.25, 0.3) is 0 Å². The smallest absolute Gasteiger partial charge is 0.366 e. The van der Waals surface area contributed by atoms with Gasteiger partial charge in [-0.3, -0.25) is 10.2 Å². The van der Waals surface area contributed by atoms with E-state index in [4.69, 9.17) is 0 Å². The van der Waals surface area contributed by atoms with Crippen molar-refractivity contribution in [2.24, 2.45) is 0 Å². The Morgan fingerprint density at radius 2 is 1.86 bits per heavy atom. The summed E-state index contributed by atoms with van der Waals surface area (Å²) in [5.74, 6) is 1.35. The van der Waals surface area contributed by atoms with Crippen LogP contribution in [0.1, 0.15) is 12.0 Å². The molecule has 0 saturated carbocycles. The minimum absolute atomic E-state index is 0.117. The zero-order valence-electron chi connectivity index (χ0n) is 19.9. The lowest BCUT2D eigenvalue weighted by atomic mass is 10.1. The quantitative estimate of drug-likeness (QED) is 0.557. The molecule has 2 aromatic heterocycles. The van der Waals surface area contributed by atoms with Gasteiger partial charge in [0.05, 0.1) is 23.0 Å². The molecule has 0 unspecified atom stereocenters. The molecule has 0 spiro atoms. The van der Waals surface area contributed by atoms with Gasteiger partial charge in [0.15, 0.2) is 5.82 Å². The highest BCUT2D eigenvalue weighted by Gasteiger charge is 2.40. The number of pyridine rings is 1. The first kappa shape index (κ1) is 23.5. The monoisotopic (exact) mass is 510 g/mol. The fraction of sp³-hybridized carbons (Fsp3) is 0.360. The maximum absolute atomic E-state index is 13.5. The predicted octanol–water partition coefficient (Wildman–Crippen LogP) is 3.60. The molecule has 2 bridgehead atoms. The Bertz CT molecular complexity index is 1330. The topological polar surface area (TPSA) is 89.5 Å². The van der Waals surface area contributed by atoms with Crippen LogP contribution in [0.5, 0.6) is 0 Å². The highest BCUT2D eigenvalue weighted by atomic mass is 19.4. The normalized spacial score (nSPS) is 19.1. The van der Waals surface area contributed by atoms with E-state index in [0.29, 0.717) is 23.6 Å². The molecule has 6 rings (SSSR count). The molecule has 3 aliphatic rings. The van der Waals surface area contributed by atoms with Crippen molar-refractivity contribution < 1.29 is 18.0 Å². The van der Waals surface area contributed by atoms with Gasteiger partial charge in [0.2, 0.25) is 5.95 Å². The lowest BCUT2D eigenvalue weighted by molar-refractivity contribution is -0.137. The van der Waals surface area contributed by atoms with Gasteiger partial charge in [-0.15, -0.1) is 0 Å². The minimum atomic E-state index is -4.46. The standard InChI is InChI=1S/C25H25F3N8O/c26-25(27,28)17-3-1-2-16(14-17)19-4-5-20-22(31-19)36(18-7-11-35(20)15-18)24(37)33-23-30-8-6-21(32-23)34-12-9-29-10-13-34/h1-6,8,14,18,29H,7,9-13,15H2,(H,30,32,33,37)/t18-/m0/s1. The van der Waals surface area contributed by atoms with Crippen molar-refractivity contribution in [1.29, 1.82) is 0 Å². The van der Waals surface area contributed by atoms with Crippen molar-refractivity contribution >= 4 is 29.3 Å². The zero-order valence-corrected chi connectivity index (χ0v) is 19.9. The Kier molecular flexibility index (Phi) is 5.82. The molecule has 1 atom stereocenters. The highest BCUT2D eigenvalue weighted by molar-refractivity contribution is 6.04. The Hall–Kier alpha value is -3.93. The molecule has 9 nitrogen and oxygen atoms in total. The van der Waals surface area contributed by atoms with Gasteiger partial charge in [-0.1, -0.05) is 12.1 Å². The van der Waals surface area contributed by atoms with Gasteiger partial charge in [0.1, 0.15) is 5.82 Å².